The molecule has 1 aliphatic heterocycles. The molecule has 0 bridgehead atoms. The fraction of sp³-hybridized carbons (Fsp3) is 0.533. The minimum Gasteiger partial charge on any atom is -0.507 e. The van der Waals surface area contributed by atoms with E-state index >= 15 is 0 Å². The Bertz CT molecular complexity index is 430. The molecule has 1 saturated heterocycles. The van der Waals surface area contributed by atoms with Gasteiger partial charge in [0.05, 0.1) is 5.56 Å². The van der Waals surface area contributed by atoms with Gasteiger partial charge in [0.2, 0.25) is 0 Å². The molecule has 2 rings (SSSR count). The molecule has 1 aliphatic rings. The Labute approximate surface area is 108 Å². The van der Waals surface area contributed by atoms with Crippen LogP contribution in [0, 0.1) is 5.92 Å². The van der Waals surface area contributed by atoms with Crippen LogP contribution in [0.15, 0.2) is 24.3 Å². The molecule has 1 aromatic carbocycles. The van der Waals surface area contributed by atoms with Crippen LogP contribution in [0.4, 0.5) is 0 Å². The maximum atomic E-state index is 12.5. The van der Waals surface area contributed by atoms with Gasteiger partial charge < -0.3 is 10.0 Å². The van der Waals surface area contributed by atoms with Crippen molar-refractivity contribution < 1.29 is 9.90 Å². The number of phenols is 1. The third kappa shape index (κ3) is 2.50. The molecule has 0 aromatic heterocycles. The number of aromatic hydroxyl groups is 1. The van der Waals surface area contributed by atoms with Crippen LogP contribution in [0.5, 0.6) is 5.75 Å². The van der Waals surface area contributed by atoms with E-state index in [1.165, 1.54) is 6.42 Å². The van der Waals surface area contributed by atoms with E-state index in [1.807, 2.05) is 4.90 Å². The Morgan fingerprint density at radius 2 is 2.11 bits per heavy atom. The number of phenolic OH excluding ortho intramolecular Hbond substituents is 1. The summed E-state index contributed by atoms with van der Waals surface area (Å²) in [4.78, 5) is 14.4. The van der Waals surface area contributed by atoms with E-state index in [1.54, 1.807) is 24.3 Å². The molecular formula is C15H21NO2. The largest absolute Gasteiger partial charge is 0.507 e. The number of hydrogen-bond donors (Lipinski definition) is 1. The smallest absolute Gasteiger partial charge is 0.257 e. The summed E-state index contributed by atoms with van der Waals surface area (Å²) in [7, 11) is 0. The third-order valence-corrected chi connectivity index (χ3v) is 3.95. The molecule has 1 fully saturated rings. The zero-order chi connectivity index (χ0) is 13.1. The van der Waals surface area contributed by atoms with Crippen molar-refractivity contribution in [2.75, 3.05) is 6.54 Å². The second-order valence-electron chi connectivity index (χ2n) is 5.18. The normalized spacial score (nSPS) is 24.0. The minimum absolute atomic E-state index is 0.0428. The first-order valence-corrected chi connectivity index (χ1v) is 6.72. The van der Waals surface area contributed by atoms with E-state index in [4.69, 9.17) is 0 Å². The molecule has 0 radical (unpaired) electrons. The SMILES string of the molecule is CCC1CCC(C)N(C(=O)c2ccccc2O)C1. The fourth-order valence-electron chi connectivity index (χ4n) is 2.61. The van der Waals surface area contributed by atoms with Crippen LogP contribution < -0.4 is 0 Å². The van der Waals surface area contributed by atoms with Crippen LogP contribution in [0.3, 0.4) is 0 Å². The summed E-state index contributed by atoms with van der Waals surface area (Å²) in [6.45, 7) is 5.07. The maximum absolute atomic E-state index is 12.5. The van der Waals surface area contributed by atoms with Gasteiger partial charge in [0.25, 0.3) is 5.91 Å². The van der Waals surface area contributed by atoms with Crippen molar-refractivity contribution in [2.24, 2.45) is 5.92 Å². The lowest BCUT2D eigenvalue weighted by molar-refractivity contribution is 0.0554. The Hall–Kier alpha value is -1.51. The zero-order valence-electron chi connectivity index (χ0n) is 11.1. The Kier molecular flexibility index (Phi) is 3.90. The highest BCUT2D eigenvalue weighted by Crippen LogP contribution is 2.27. The summed E-state index contributed by atoms with van der Waals surface area (Å²) in [6.07, 6.45) is 3.36. The van der Waals surface area contributed by atoms with Gasteiger partial charge in [0.15, 0.2) is 0 Å². The van der Waals surface area contributed by atoms with Crippen LogP contribution >= 0.6 is 0 Å². The van der Waals surface area contributed by atoms with Gasteiger partial charge in [-0.15, -0.1) is 0 Å². The quantitative estimate of drug-likeness (QED) is 0.872. The van der Waals surface area contributed by atoms with Crippen molar-refractivity contribution in [1.29, 1.82) is 0 Å². The molecule has 1 aromatic rings. The standard InChI is InChI=1S/C15H21NO2/c1-3-12-9-8-11(2)16(10-12)15(18)13-6-4-5-7-14(13)17/h4-7,11-12,17H,3,8-10H2,1-2H3. The highest BCUT2D eigenvalue weighted by atomic mass is 16.3. The van der Waals surface area contributed by atoms with Gasteiger partial charge in [-0.05, 0) is 37.8 Å². The summed E-state index contributed by atoms with van der Waals surface area (Å²) in [5, 5.41) is 9.77. The van der Waals surface area contributed by atoms with E-state index in [0.717, 1.165) is 19.4 Å². The number of likely N-dealkylation sites (tertiary alicyclic amines) is 1. The number of rotatable bonds is 2. The van der Waals surface area contributed by atoms with E-state index in [-0.39, 0.29) is 17.7 Å². The van der Waals surface area contributed by atoms with E-state index in [9.17, 15) is 9.90 Å². The predicted molar refractivity (Wildman–Crippen MR) is 71.6 cm³/mol. The number of amides is 1. The lowest BCUT2D eigenvalue weighted by Gasteiger charge is -2.38. The second kappa shape index (κ2) is 5.42. The molecule has 3 heteroatoms. The third-order valence-electron chi connectivity index (χ3n) is 3.95. The highest BCUT2D eigenvalue weighted by molar-refractivity contribution is 5.97. The number of nitrogens with zero attached hydrogens (tertiary/aromatic N) is 1. The van der Waals surface area contributed by atoms with Crippen molar-refractivity contribution in [3.63, 3.8) is 0 Å². The van der Waals surface area contributed by atoms with Crippen LogP contribution in [0.1, 0.15) is 43.5 Å². The van der Waals surface area contributed by atoms with Gasteiger partial charge >= 0.3 is 0 Å². The van der Waals surface area contributed by atoms with Gasteiger partial charge in [0.1, 0.15) is 5.75 Å². The van der Waals surface area contributed by atoms with Crippen molar-refractivity contribution in [3.05, 3.63) is 29.8 Å². The minimum atomic E-state index is -0.0428. The van der Waals surface area contributed by atoms with Crippen molar-refractivity contribution in [3.8, 4) is 5.75 Å². The lowest BCUT2D eigenvalue weighted by atomic mass is 9.91. The molecule has 1 amide bonds. The highest BCUT2D eigenvalue weighted by Gasteiger charge is 2.29. The van der Waals surface area contributed by atoms with E-state index in [0.29, 0.717) is 11.5 Å². The average Bonchev–Trinajstić information content (AvgIpc) is 2.39. The van der Waals surface area contributed by atoms with Gasteiger partial charge in [-0.1, -0.05) is 25.5 Å². The van der Waals surface area contributed by atoms with Crippen LogP contribution in [0.2, 0.25) is 0 Å². The summed E-state index contributed by atoms with van der Waals surface area (Å²) in [5.74, 6) is 0.628. The summed E-state index contributed by atoms with van der Waals surface area (Å²) in [5.41, 5.74) is 0.418. The van der Waals surface area contributed by atoms with Crippen LogP contribution in [-0.2, 0) is 0 Å². The number of piperidine rings is 1. The topological polar surface area (TPSA) is 40.5 Å². The number of carbonyl (C=O) groups is 1. The number of para-hydroxylation sites is 1. The van der Waals surface area contributed by atoms with Crippen LogP contribution in [-0.4, -0.2) is 28.5 Å². The number of carbonyl (C=O) groups excluding carboxylic acids is 1. The van der Waals surface area contributed by atoms with Crippen LogP contribution in [0.25, 0.3) is 0 Å². The molecule has 3 nitrogen and oxygen atoms in total. The Balaban J connectivity index is 2.19. The van der Waals surface area contributed by atoms with Gasteiger partial charge in [-0.25, -0.2) is 0 Å². The monoisotopic (exact) mass is 247 g/mol. The first kappa shape index (κ1) is 12.9. The Morgan fingerprint density at radius 3 is 2.78 bits per heavy atom. The van der Waals surface area contributed by atoms with Crippen molar-refractivity contribution in [2.45, 2.75) is 39.2 Å². The summed E-state index contributed by atoms with van der Waals surface area (Å²) < 4.78 is 0. The first-order valence-electron chi connectivity index (χ1n) is 6.72. The fourth-order valence-corrected chi connectivity index (χ4v) is 2.61. The average molecular weight is 247 g/mol. The van der Waals surface area contributed by atoms with E-state index in [2.05, 4.69) is 13.8 Å². The molecule has 0 aliphatic carbocycles. The summed E-state index contributed by atoms with van der Waals surface area (Å²) in [6, 6.07) is 7.05. The molecule has 1 heterocycles. The number of hydrogen-bond acceptors (Lipinski definition) is 2. The van der Waals surface area contributed by atoms with Crippen molar-refractivity contribution >= 4 is 5.91 Å². The van der Waals surface area contributed by atoms with Gasteiger partial charge in [-0.2, -0.15) is 0 Å². The predicted octanol–water partition coefficient (Wildman–Crippen LogP) is 3.04. The number of benzene rings is 1. The first-order chi connectivity index (χ1) is 8.63. The molecule has 0 spiro atoms. The zero-order valence-corrected chi connectivity index (χ0v) is 11.1. The second-order valence-corrected chi connectivity index (χ2v) is 5.18. The molecular weight excluding hydrogens is 226 g/mol. The summed E-state index contributed by atoms with van der Waals surface area (Å²) >= 11 is 0. The molecule has 18 heavy (non-hydrogen) atoms. The van der Waals surface area contributed by atoms with Gasteiger partial charge in [0, 0.05) is 12.6 Å². The molecule has 1 N–H and O–H groups in total. The Morgan fingerprint density at radius 1 is 1.39 bits per heavy atom. The van der Waals surface area contributed by atoms with Gasteiger partial charge in [-0.3, -0.25) is 4.79 Å². The molecule has 2 atom stereocenters. The lowest BCUT2D eigenvalue weighted by Crippen LogP contribution is -2.45. The molecule has 2 unspecified atom stereocenters. The van der Waals surface area contributed by atoms with Crippen molar-refractivity contribution in [1.82, 2.24) is 4.90 Å². The van der Waals surface area contributed by atoms with E-state index < -0.39 is 0 Å². The molecule has 0 saturated carbocycles. The maximum Gasteiger partial charge on any atom is 0.257 e. The molecule has 98 valence electrons.